The summed E-state index contributed by atoms with van der Waals surface area (Å²) in [4.78, 5) is 25.8. The molecule has 0 saturated heterocycles. The van der Waals surface area contributed by atoms with Gasteiger partial charge in [-0.1, -0.05) is 65.8 Å². The number of nitrogens with one attached hydrogen (secondary N) is 1. The van der Waals surface area contributed by atoms with Gasteiger partial charge in [-0.15, -0.1) is 0 Å². The Morgan fingerprint density at radius 3 is 1.79 bits per heavy atom. The molecular formula is C35H40F2N4O2. The topological polar surface area (TPSA) is 64.7 Å². The van der Waals surface area contributed by atoms with Gasteiger partial charge in [-0.25, -0.2) is 18.1 Å². The van der Waals surface area contributed by atoms with Crippen LogP contribution in [0.4, 0.5) is 8.78 Å². The summed E-state index contributed by atoms with van der Waals surface area (Å²) in [7, 11) is 1.88. The molecule has 43 heavy (non-hydrogen) atoms. The van der Waals surface area contributed by atoms with Crippen molar-refractivity contribution in [3.63, 3.8) is 0 Å². The van der Waals surface area contributed by atoms with Crippen molar-refractivity contribution in [3.8, 4) is 11.4 Å². The van der Waals surface area contributed by atoms with Crippen LogP contribution in [0.5, 0.6) is 0 Å². The molecule has 0 spiro atoms. The summed E-state index contributed by atoms with van der Waals surface area (Å²) in [6.07, 6.45) is 4.26. The van der Waals surface area contributed by atoms with Crippen LogP contribution in [0.2, 0.25) is 0 Å². The first-order chi connectivity index (χ1) is 20.2. The van der Waals surface area contributed by atoms with Crippen molar-refractivity contribution in [1.29, 1.82) is 0 Å². The Balaban J connectivity index is 0.000000140. The van der Waals surface area contributed by atoms with Gasteiger partial charge in [0, 0.05) is 34.7 Å². The fourth-order valence-corrected chi connectivity index (χ4v) is 9.37. The van der Waals surface area contributed by atoms with Crippen LogP contribution in [0.15, 0.2) is 58.1 Å². The maximum absolute atomic E-state index is 14.2. The van der Waals surface area contributed by atoms with E-state index in [0.29, 0.717) is 11.4 Å². The Hall–Kier alpha value is -3.68. The number of benzene rings is 2. The summed E-state index contributed by atoms with van der Waals surface area (Å²) in [5, 5.41) is 3.21. The fourth-order valence-electron chi connectivity index (χ4n) is 9.37. The van der Waals surface area contributed by atoms with Crippen LogP contribution in [0, 0.1) is 22.5 Å². The van der Waals surface area contributed by atoms with Crippen LogP contribution in [-0.4, -0.2) is 19.1 Å². The second kappa shape index (κ2) is 8.70. The number of fused-ring (bicyclic) bond motifs is 10. The SMILES string of the molecule is CC1(C)[C@@H]2CC[C@@]1(C)c1[nH]n(-c3ccccc3F)c(=O)c12.Cn1c2c(c(=O)n1-c1ccccc1F)[C@H]1CC[C@]2(C)C1(C)C. The average molecular weight is 587 g/mol. The molecule has 226 valence electrons. The Morgan fingerprint density at radius 1 is 0.721 bits per heavy atom. The largest absolute Gasteiger partial charge is 0.294 e. The first-order valence-electron chi connectivity index (χ1n) is 15.4. The van der Waals surface area contributed by atoms with E-state index in [1.807, 2.05) is 11.7 Å². The van der Waals surface area contributed by atoms with E-state index in [0.717, 1.165) is 48.2 Å². The number of hydrogen-bond donors (Lipinski definition) is 1. The van der Waals surface area contributed by atoms with E-state index >= 15 is 0 Å². The molecule has 4 aromatic rings. The Kier molecular flexibility index (Phi) is 5.69. The second-order valence-electron chi connectivity index (χ2n) is 14.6. The van der Waals surface area contributed by atoms with Crippen LogP contribution in [0.1, 0.15) is 102 Å². The van der Waals surface area contributed by atoms with Gasteiger partial charge in [0.2, 0.25) is 0 Å². The highest BCUT2D eigenvalue weighted by Crippen LogP contribution is 2.67. The number of halogens is 2. The molecular weight excluding hydrogens is 546 g/mol. The summed E-state index contributed by atoms with van der Waals surface area (Å²) in [5.41, 5.74) is 4.52. The molecule has 8 heteroatoms. The lowest BCUT2D eigenvalue weighted by molar-refractivity contribution is 0.217. The third-order valence-corrected chi connectivity index (χ3v) is 12.6. The molecule has 0 radical (unpaired) electrons. The molecule has 4 aliphatic rings. The zero-order valence-electron chi connectivity index (χ0n) is 26.0. The molecule has 0 unspecified atom stereocenters. The lowest BCUT2D eigenvalue weighted by Crippen LogP contribution is -2.35. The van der Waals surface area contributed by atoms with Gasteiger partial charge in [0.15, 0.2) is 0 Å². The normalized spacial score (nSPS) is 28.5. The predicted molar refractivity (Wildman–Crippen MR) is 164 cm³/mol. The Bertz CT molecular complexity index is 1920. The van der Waals surface area contributed by atoms with Crippen LogP contribution in [0.3, 0.4) is 0 Å². The number of H-pyrrole nitrogens is 1. The van der Waals surface area contributed by atoms with E-state index < -0.39 is 0 Å². The van der Waals surface area contributed by atoms with Crippen molar-refractivity contribution in [1.82, 2.24) is 19.1 Å². The highest BCUT2D eigenvalue weighted by atomic mass is 19.1. The van der Waals surface area contributed by atoms with Crippen LogP contribution < -0.4 is 11.1 Å². The zero-order valence-corrected chi connectivity index (χ0v) is 26.0. The molecule has 2 saturated carbocycles. The molecule has 6 nitrogen and oxygen atoms in total. The van der Waals surface area contributed by atoms with E-state index in [2.05, 4.69) is 46.6 Å². The van der Waals surface area contributed by atoms with Crippen molar-refractivity contribution in [2.75, 3.05) is 0 Å². The van der Waals surface area contributed by atoms with E-state index in [9.17, 15) is 18.4 Å². The van der Waals surface area contributed by atoms with Crippen molar-refractivity contribution in [2.45, 2.75) is 89.9 Å². The number of aromatic nitrogens is 4. The molecule has 1 N–H and O–H groups in total. The first-order valence-corrected chi connectivity index (χ1v) is 15.4. The van der Waals surface area contributed by atoms with Gasteiger partial charge in [-0.2, -0.15) is 0 Å². The van der Waals surface area contributed by atoms with Gasteiger partial charge < -0.3 is 0 Å². The molecule has 2 aromatic carbocycles. The number of rotatable bonds is 2. The van der Waals surface area contributed by atoms with Crippen molar-refractivity contribution in [3.05, 3.63) is 103 Å². The minimum atomic E-state index is -0.378. The van der Waals surface area contributed by atoms with E-state index in [-0.39, 0.29) is 56.2 Å². The van der Waals surface area contributed by atoms with Gasteiger partial charge in [-0.05, 0) is 72.6 Å². The van der Waals surface area contributed by atoms with Crippen molar-refractivity contribution in [2.24, 2.45) is 17.9 Å². The summed E-state index contributed by atoms with van der Waals surface area (Å²) >= 11 is 0. The number of hydrogen-bond acceptors (Lipinski definition) is 2. The van der Waals surface area contributed by atoms with Gasteiger partial charge >= 0.3 is 0 Å². The van der Waals surface area contributed by atoms with Gasteiger partial charge in [-0.3, -0.25) is 19.4 Å². The van der Waals surface area contributed by atoms with E-state index in [4.69, 9.17) is 0 Å². The average Bonchev–Trinajstić information content (AvgIpc) is 3.66. The minimum Gasteiger partial charge on any atom is -0.294 e. The van der Waals surface area contributed by atoms with Gasteiger partial charge in [0.05, 0.1) is 5.69 Å². The fraction of sp³-hybridized carbons (Fsp3) is 0.486. The van der Waals surface area contributed by atoms with Crippen LogP contribution in [0.25, 0.3) is 11.4 Å². The summed E-state index contributed by atoms with van der Waals surface area (Å²) in [6.45, 7) is 13.5. The first kappa shape index (κ1) is 28.1. The zero-order chi connectivity index (χ0) is 30.9. The molecule has 0 aliphatic heterocycles. The third kappa shape index (κ3) is 3.27. The molecule has 2 aromatic heterocycles. The lowest BCUT2D eigenvalue weighted by atomic mass is 9.70. The molecule has 0 amide bonds. The monoisotopic (exact) mass is 586 g/mol. The highest BCUT2D eigenvalue weighted by molar-refractivity contribution is 5.48. The molecule has 4 aliphatic carbocycles. The molecule has 2 fully saturated rings. The Labute approximate surface area is 250 Å². The second-order valence-corrected chi connectivity index (χ2v) is 14.6. The van der Waals surface area contributed by atoms with Gasteiger partial charge in [0.1, 0.15) is 23.0 Å². The highest BCUT2D eigenvalue weighted by Gasteiger charge is 2.63. The third-order valence-electron chi connectivity index (χ3n) is 12.6. The number of aromatic amines is 1. The maximum atomic E-state index is 14.2. The predicted octanol–water partition coefficient (Wildman–Crippen LogP) is 6.97. The summed E-state index contributed by atoms with van der Waals surface area (Å²) in [5.74, 6) is -0.189. The number of para-hydroxylation sites is 2. The molecule has 4 atom stereocenters. The molecule has 4 bridgehead atoms. The maximum Gasteiger partial charge on any atom is 0.275 e. The quantitative estimate of drug-likeness (QED) is 0.276. The summed E-state index contributed by atoms with van der Waals surface area (Å²) < 4.78 is 33.0. The minimum absolute atomic E-state index is 0.0165. The van der Waals surface area contributed by atoms with Crippen LogP contribution >= 0.6 is 0 Å². The smallest absolute Gasteiger partial charge is 0.275 e. The Morgan fingerprint density at radius 2 is 1.23 bits per heavy atom. The van der Waals surface area contributed by atoms with E-state index in [1.165, 1.54) is 21.5 Å². The van der Waals surface area contributed by atoms with E-state index in [1.54, 1.807) is 36.4 Å². The van der Waals surface area contributed by atoms with Gasteiger partial charge in [0.25, 0.3) is 11.1 Å². The van der Waals surface area contributed by atoms with Crippen molar-refractivity contribution < 1.29 is 8.78 Å². The molecule has 8 rings (SSSR count). The molecule has 2 heterocycles. The standard InChI is InChI=1S/C18H21FN2O.C17H19FN2O/c1-17(2)11-9-10-18(17,3)15-14(11)16(22)21(20(15)4)13-8-6-5-7-12(13)19;1-16(2)10-8-9-17(16,3)14-13(10)15(21)20(19-14)12-7-5-4-6-11(12)18/h5-8,11H,9-10H2,1-4H3;4-7,10,19H,8-9H2,1-3H3/t11-,18+;10-,17+/m11/s1. The van der Waals surface area contributed by atoms with Crippen LogP contribution in [-0.2, 0) is 17.9 Å². The number of nitrogens with zero attached hydrogens (tertiary/aromatic N) is 3. The lowest BCUT2D eigenvalue weighted by Gasteiger charge is -2.36. The summed E-state index contributed by atoms with van der Waals surface area (Å²) in [6, 6.07) is 12.9. The van der Waals surface area contributed by atoms with Crippen molar-refractivity contribution >= 4 is 0 Å².